The third-order valence-electron chi connectivity index (χ3n) is 7.51. The van der Waals surface area contributed by atoms with Crippen LogP contribution in [0.5, 0.6) is 0 Å². The zero-order valence-corrected chi connectivity index (χ0v) is 26.3. The van der Waals surface area contributed by atoms with E-state index >= 15 is 0 Å². The number of aliphatic imine (C=N–C) groups is 1. The summed E-state index contributed by atoms with van der Waals surface area (Å²) in [6.45, 7) is 4.57. The van der Waals surface area contributed by atoms with Crippen LogP contribution in [0.25, 0.3) is 0 Å². The maximum absolute atomic E-state index is 13.8. The number of carbonyl (C=O) groups is 4. The van der Waals surface area contributed by atoms with Crippen LogP contribution in [0.3, 0.4) is 0 Å². The summed E-state index contributed by atoms with van der Waals surface area (Å²) in [4.78, 5) is 56.6. The van der Waals surface area contributed by atoms with Crippen molar-refractivity contribution >= 4 is 29.6 Å². The van der Waals surface area contributed by atoms with E-state index in [1.807, 2.05) is 62.4 Å². The first kappa shape index (κ1) is 36.7. The predicted octanol–water partition coefficient (Wildman–Crippen LogP) is -0.462. The summed E-state index contributed by atoms with van der Waals surface area (Å²) in [5.74, 6) is -2.40. The highest BCUT2D eigenvalue weighted by molar-refractivity contribution is 5.94. The van der Waals surface area contributed by atoms with Crippen molar-refractivity contribution < 1.29 is 19.2 Å². The highest BCUT2D eigenvalue weighted by Gasteiger charge is 2.30. The summed E-state index contributed by atoms with van der Waals surface area (Å²) in [5.41, 5.74) is 31.8. The van der Waals surface area contributed by atoms with Crippen molar-refractivity contribution in [3.8, 4) is 0 Å². The van der Waals surface area contributed by atoms with Gasteiger partial charge in [-0.25, -0.2) is 0 Å². The highest BCUT2D eigenvalue weighted by Crippen LogP contribution is 2.16. The molecular formula is C32H49N9O4. The summed E-state index contributed by atoms with van der Waals surface area (Å²) < 4.78 is 0. The van der Waals surface area contributed by atoms with Crippen LogP contribution < -0.4 is 44.6 Å². The third kappa shape index (κ3) is 13.0. The fourth-order valence-electron chi connectivity index (χ4n) is 4.89. The van der Waals surface area contributed by atoms with Gasteiger partial charge in [-0.3, -0.25) is 24.2 Å². The van der Waals surface area contributed by atoms with Crippen molar-refractivity contribution in [2.45, 2.75) is 83.0 Å². The molecule has 2 aromatic rings. The number of nitrogens with two attached hydrogens (primary N) is 5. The van der Waals surface area contributed by atoms with Crippen molar-refractivity contribution in [3.63, 3.8) is 0 Å². The molecule has 0 aromatic heterocycles. The fourth-order valence-corrected chi connectivity index (χ4v) is 4.89. The number of hydrogen-bond donors (Lipinski definition) is 8. The van der Waals surface area contributed by atoms with Crippen molar-refractivity contribution in [2.75, 3.05) is 13.1 Å². The first-order valence-electron chi connectivity index (χ1n) is 15.2. The lowest BCUT2D eigenvalue weighted by Crippen LogP contribution is -2.58. The molecule has 4 amide bonds. The van der Waals surface area contributed by atoms with Gasteiger partial charge >= 0.3 is 0 Å². The van der Waals surface area contributed by atoms with Crippen molar-refractivity contribution in [1.29, 1.82) is 0 Å². The summed E-state index contributed by atoms with van der Waals surface area (Å²) >= 11 is 0. The zero-order chi connectivity index (χ0) is 33.4. The summed E-state index contributed by atoms with van der Waals surface area (Å²) in [6, 6.07) is 11.0. The van der Waals surface area contributed by atoms with Gasteiger partial charge in [-0.15, -0.1) is 0 Å². The predicted molar refractivity (Wildman–Crippen MR) is 176 cm³/mol. The van der Waals surface area contributed by atoms with E-state index in [9.17, 15) is 19.2 Å². The van der Waals surface area contributed by atoms with Crippen LogP contribution in [0.15, 0.2) is 53.5 Å². The number of nitrogens with zero attached hydrogens (tertiary/aromatic N) is 1. The quantitative estimate of drug-likeness (QED) is 0.0576. The summed E-state index contributed by atoms with van der Waals surface area (Å²) in [7, 11) is 0. The Morgan fingerprint density at radius 1 is 0.711 bits per heavy atom. The van der Waals surface area contributed by atoms with Crippen molar-refractivity contribution in [1.82, 2.24) is 16.0 Å². The van der Waals surface area contributed by atoms with Crippen LogP contribution in [0.2, 0.25) is 0 Å². The molecule has 0 saturated heterocycles. The second kappa shape index (κ2) is 19.0. The standard InChI is InChI=1S/C32H49N9O4/c1-20-10-8-11-21(2)23(20)19-27(41-29(43)24(34)14-9-17-38-32(36)37)31(45)39-25(15-6-7-16-33)30(44)40-26(28(35)42)18-22-12-4-3-5-13-22/h3-5,8,10-13,24-27H,6-7,9,14-19,33-34H2,1-2H3,(H2,35,42)(H,39,45)(H,40,44)(H,41,43)(H4,36,37,38)/t24-,25+,26+,27+/m1/s1. The second-order valence-corrected chi connectivity index (χ2v) is 11.2. The van der Waals surface area contributed by atoms with Crippen LogP contribution in [-0.2, 0) is 32.0 Å². The second-order valence-electron chi connectivity index (χ2n) is 11.2. The van der Waals surface area contributed by atoms with E-state index in [1.165, 1.54) is 0 Å². The Bertz CT molecular complexity index is 1280. The van der Waals surface area contributed by atoms with Gasteiger partial charge in [-0.05, 0) is 74.8 Å². The molecule has 45 heavy (non-hydrogen) atoms. The van der Waals surface area contributed by atoms with Crippen LogP contribution in [0.4, 0.5) is 0 Å². The van der Waals surface area contributed by atoms with Gasteiger partial charge in [0, 0.05) is 19.4 Å². The molecule has 0 aliphatic heterocycles. The molecular weight excluding hydrogens is 574 g/mol. The monoisotopic (exact) mass is 623 g/mol. The lowest BCUT2D eigenvalue weighted by Gasteiger charge is -2.26. The molecule has 0 unspecified atom stereocenters. The lowest BCUT2D eigenvalue weighted by molar-refractivity contribution is -0.133. The normalized spacial score (nSPS) is 13.5. The molecule has 0 bridgehead atoms. The van der Waals surface area contributed by atoms with Gasteiger partial charge in [0.2, 0.25) is 23.6 Å². The Hall–Kier alpha value is -4.49. The lowest BCUT2D eigenvalue weighted by atomic mass is 9.95. The number of rotatable bonds is 19. The topological polar surface area (TPSA) is 247 Å². The Kier molecular flexibility index (Phi) is 15.5. The molecule has 13 heteroatoms. The molecule has 2 aromatic carbocycles. The van der Waals surface area contributed by atoms with Crippen LogP contribution in [-0.4, -0.2) is 66.8 Å². The Balaban J connectivity index is 2.27. The largest absolute Gasteiger partial charge is 0.370 e. The molecule has 0 aliphatic rings. The molecule has 0 heterocycles. The number of guanidine groups is 1. The number of benzene rings is 2. The molecule has 0 radical (unpaired) electrons. The van der Waals surface area contributed by atoms with Gasteiger partial charge in [-0.2, -0.15) is 0 Å². The first-order valence-corrected chi connectivity index (χ1v) is 15.2. The number of amides is 4. The van der Waals surface area contributed by atoms with E-state index in [0.717, 1.165) is 22.3 Å². The molecule has 13 nitrogen and oxygen atoms in total. The van der Waals surface area contributed by atoms with Gasteiger partial charge in [-0.1, -0.05) is 48.5 Å². The molecule has 13 N–H and O–H groups in total. The Labute approximate surface area is 265 Å². The van der Waals surface area contributed by atoms with Crippen molar-refractivity contribution in [3.05, 3.63) is 70.8 Å². The number of aryl methyl sites for hydroxylation is 2. The van der Waals surface area contributed by atoms with E-state index in [2.05, 4.69) is 20.9 Å². The molecule has 4 atom stereocenters. The molecule has 0 aliphatic carbocycles. The van der Waals surface area contributed by atoms with Crippen LogP contribution in [0.1, 0.15) is 54.4 Å². The van der Waals surface area contributed by atoms with Gasteiger partial charge < -0.3 is 44.6 Å². The van der Waals surface area contributed by atoms with Gasteiger partial charge in [0.25, 0.3) is 0 Å². The Morgan fingerprint density at radius 2 is 1.31 bits per heavy atom. The van der Waals surface area contributed by atoms with E-state index in [1.54, 1.807) is 0 Å². The average molecular weight is 624 g/mol. The molecule has 2 rings (SSSR count). The van der Waals surface area contributed by atoms with E-state index < -0.39 is 47.8 Å². The smallest absolute Gasteiger partial charge is 0.243 e. The minimum Gasteiger partial charge on any atom is -0.370 e. The number of nitrogens with one attached hydrogen (secondary N) is 3. The number of hydrogen-bond acceptors (Lipinski definition) is 7. The Morgan fingerprint density at radius 3 is 1.91 bits per heavy atom. The highest BCUT2D eigenvalue weighted by atomic mass is 16.2. The van der Waals surface area contributed by atoms with Crippen molar-refractivity contribution in [2.24, 2.45) is 33.7 Å². The van der Waals surface area contributed by atoms with Gasteiger partial charge in [0.1, 0.15) is 18.1 Å². The maximum Gasteiger partial charge on any atom is 0.243 e. The summed E-state index contributed by atoms with van der Waals surface area (Å²) in [6.07, 6.45) is 2.56. The van der Waals surface area contributed by atoms with E-state index in [-0.39, 0.29) is 25.2 Å². The summed E-state index contributed by atoms with van der Waals surface area (Å²) in [5, 5.41) is 8.30. The third-order valence-corrected chi connectivity index (χ3v) is 7.51. The van der Waals surface area contributed by atoms with Gasteiger partial charge in [0.15, 0.2) is 5.96 Å². The average Bonchev–Trinajstić information content (AvgIpc) is 2.99. The maximum atomic E-state index is 13.8. The van der Waals surface area contributed by atoms with Crippen LogP contribution in [0, 0.1) is 13.8 Å². The fraction of sp³-hybridized carbons (Fsp3) is 0.469. The zero-order valence-electron chi connectivity index (χ0n) is 26.3. The van der Waals surface area contributed by atoms with Crippen LogP contribution >= 0.6 is 0 Å². The first-order chi connectivity index (χ1) is 21.4. The number of carbonyl (C=O) groups excluding carboxylic acids is 4. The molecule has 0 saturated carbocycles. The van der Waals surface area contributed by atoms with E-state index in [4.69, 9.17) is 28.7 Å². The van der Waals surface area contributed by atoms with E-state index in [0.29, 0.717) is 38.8 Å². The number of primary amides is 1. The minimum atomic E-state index is -1.04. The number of unbranched alkanes of at least 4 members (excludes halogenated alkanes) is 1. The molecule has 246 valence electrons. The minimum absolute atomic E-state index is 0.0503. The SMILES string of the molecule is Cc1cccc(C)c1C[C@H](NC(=O)[C@H](N)CCCN=C(N)N)C(=O)N[C@@H](CCCCN)C(=O)N[C@@H](Cc1ccccc1)C(N)=O. The van der Waals surface area contributed by atoms with Gasteiger partial charge in [0.05, 0.1) is 6.04 Å². The molecule has 0 fully saturated rings. The molecule has 0 spiro atoms.